The van der Waals surface area contributed by atoms with Gasteiger partial charge in [0.05, 0.1) is 0 Å². The van der Waals surface area contributed by atoms with E-state index in [0.717, 1.165) is 12.8 Å². The zero-order valence-corrected chi connectivity index (χ0v) is 8.32. The number of amides is 1. The zero-order valence-electron chi connectivity index (χ0n) is 8.32. The number of carbonyl (C=O) groups is 2. The van der Waals surface area contributed by atoms with Crippen LogP contribution in [-0.4, -0.2) is 35.2 Å². The Morgan fingerprint density at radius 3 is 2.36 bits per heavy atom. The van der Waals surface area contributed by atoms with Gasteiger partial charge in [-0.05, 0) is 26.7 Å². The van der Waals surface area contributed by atoms with Crippen molar-refractivity contribution >= 4 is 11.9 Å². The summed E-state index contributed by atoms with van der Waals surface area (Å²) in [4.78, 5) is 21.8. The molecule has 2 atom stereocenters. The number of carboxylic acid groups (broad SMARTS) is 1. The Labute approximate surface area is 82.4 Å². The number of nitrogens with one attached hydrogen (secondary N) is 1. The van der Waals surface area contributed by atoms with Crippen LogP contribution in [0.1, 0.15) is 26.7 Å². The summed E-state index contributed by atoms with van der Waals surface area (Å²) in [6, 6.07) is 0.272. The number of ether oxygens (including phenoxy) is 1. The number of hydrogen-bond donors (Lipinski definition) is 2. The van der Waals surface area contributed by atoms with Gasteiger partial charge in [-0.2, -0.15) is 0 Å². The molecule has 80 valence electrons. The Balaban J connectivity index is 2.28. The molecule has 1 rings (SSSR count). The summed E-state index contributed by atoms with van der Waals surface area (Å²) in [5.41, 5.74) is 0. The van der Waals surface area contributed by atoms with Gasteiger partial charge in [0, 0.05) is 6.04 Å². The van der Waals surface area contributed by atoms with E-state index >= 15 is 0 Å². The van der Waals surface area contributed by atoms with Crippen LogP contribution >= 0.6 is 0 Å². The lowest BCUT2D eigenvalue weighted by molar-refractivity contribution is -0.155. The van der Waals surface area contributed by atoms with Gasteiger partial charge in [-0.3, -0.25) is 4.79 Å². The molecule has 0 aromatic rings. The molecular formula is C9H15NO4. The van der Waals surface area contributed by atoms with E-state index in [1.54, 1.807) is 6.92 Å². The van der Waals surface area contributed by atoms with E-state index in [0.29, 0.717) is 0 Å². The lowest BCUT2D eigenvalue weighted by Crippen LogP contribution is -2.39. The summed E-state index contributed by atoms with van der Waals surface area (Å²) >= 11 is 0. The Morgan fingerprint density at radius 2 is 1.93 bits per heavy atom. The fourth-order valence-corrected chi connectivity index (χ4v) is 0.972. The molecular weight excluding hydrogens is 186 g/mol. The number of carbonyl (C=O) groups excluding carboxylic acids is 1. The van der Waals surface area contributed by atoms with E-state index < -0.39 is 18.2 Å². The van der Waals surface area contributed by atoms with Gasteiger partial charge in [0.25, 0.3) is 0 Å². The fourth-order valence-electron chi connectivity index (χ4n) is 0.972. The van der Waals surface area contributed by atoms with Gasteiger partial charge < -0.3 is 15.2 Å². The summed E-state index contributed by atoms with van der Waals surface area (Å²) in [5, 5.41) is 11.3. The molecule has 5 nitrogen and oxygen atoms in total. The fraction of sp³-hybridized carbons (Fsp3) is 0.778. The first-order valence-electron chi connectivity index (χ1n) is 4.69. The van der Waals surface area contributed by atoms with Gasteiger partial charge in [0.1, 0.15) is 6.10 Å². The molecule has 0 aromatic carbocycles. The van der Waals surface area contributed by atoms with Crippen molar-refractivity contribution in [1.29, 1.82) is 0 Å². The Morgan fingerprint density at radius 1 is 1.36 bits per heavy atom. The van der Waals surface area contributed by atoms with Crippen molar-refractivity contribution in [3.8, 4) is 0 Å². The molecule has 0 bridgehead atoms. The molecule has 1 saturated carbocycles. The van der Waals surface area contributed by atoms with Crippen molar-refractivity contribution in [2.45, 2.75) is 44.9 Å². The monoisotopic (exact) mass is 201 g/mol. The summed E-state index contributed by atoms with van der Waals surface area (Å²) in [5.74, 6) is -1.29. The normalized spacial score (nSPS) is 19.9. The predicted molar refractivity (Wildman–Crippen MR) is 48.8 cm³/mol. The van der Waals surface area contributed by atoms with Crippen LogP contribution < -0.4 is 5.32 Å². The minimum absolute atomic E-state index is 0.236. The van der Waals surface area contributed by atoms with Crippen LogP contribution in [0.2, 0.25) is 0 Å². The summed E-state index contributed by atoms with van der Waals surface area (Å²) in [7, 11) is 0. The van der Waals surface area contributed by atoms with Gasteiger partial charge in [0.15, 0.2) is 6.10 Å². The average molecular weight is 201 g/mol. The van der Waals surface area contributed by atoms with E-state index in [9.17, 15) is 9.59 Å². The number of aliphatic carboxylic acids is 1. The van der Waals surface area contributed by atoms with Crippen molar-refractivity contribution in [3.63, 3.8) is 0 Å². The maximum Gasteiger partial charge on any atom is 0.332 e. The van der Waals surface area contributed by atoms with Crippen molar-refractivity contribution < 1.29 is 19.4 Å². The number of carboxylic acids is 1. The van der Waals surface area contributed by atoms with Crippen molar-refractivity contribution in [1.82, 2.24) is 5.32 Å². The average Bonchev–Trinajstić information content (AvgIpc) is 2.87. The third kappa shape index (κ3) is 3.33. The summed E-state index contributed by atoms with van der Waals surface area (Å²) < 4.78 is 4.99. The molecule has 5 heteroatoms. The third-order valence-corrected chi connectivity index (χ3v) is 2.05. The van der Waals surface area contributed by atoms with Gasteiger partial charge in [-0.25, -0.2) is 4.79 Å². The molecule has 1 fully saturated rings. The molecule has 0 aromatic heterocycles. The summed E-state index contributed by atoms with van der Waals surface area (Å²) in [6.45, 7) is 2.96. The molecule has 0 saturated heterocycles. The van der Waals surface area contributed by atoms with Crippen LogP contribution in [0.4, 0.5) is 0 Å². The molecule has 14 heavy (non-hydrogen) atoms. The molecule has 1 aliphatic rings. The highest BCUT2D eigenvalue weighted by Crippen LogP contribution is 2.18. The first kappa shape index (κ1) is 11.0. The van der Waals surface area contributed by atoms with E-state index in [-0.39, 0.29) is 11.9 Å². The van der Waals surface area contributed by atoms with E-state index in [4.69, 9.17) is 9.84 Å². The van der Waals surface area contributed by atoms with Crippen LogP contribution in [0.3, 0.4) is 0 Å². The van der Waals surface area contributed by atoms with E-state index in [1.165, 1.54) is 6.92 Å². The quantitative estimate of drug-likeness (QED) is 0.663. The first-order chi connectivity index (χ1) is 6.50. The smallest absolute Gasteiger partial charge is 0.332 e. The maximum absolute atomic E-state index is 11.3. The minimum atomic E-state index is -1.06. The second-order valence-corrected chi connectivity index (χ2v) is 3.54. The number of rotatable bonds is 5. The lowest BCUT2D eigenvalue weighted by Gasteiger charge is -2.15. The van der Waals surface area contributed by atoms with Crippen LogP contribution in [0.15, 0.2) is 0 Å². The first-order valence-corrected chi connectivity index (χ1v) is 4.69. The zero-order chi connectivity index (χ0) is 10.7. The van der Waals surface area contributed by atoms with E-state index in [1.807, 2.05) is 0 Å². The van der Waals surface area contributed by atoms with Crippen molar-refractivity contribution in [3.05, 3.63) is 0 Å². The van der Waals surface area contributed by atoms with Gasteiger partial charge in [-0.15, -0.1) is 0 Å². The largest absolute Gasteiger partial charge is 0.479 e. The molecule has 1 unspecified atom stereocenters. The van der Waals surface area contributed by atoms with Crippen molar-refractivity contribution in [2.75, 3.05) is 0 Å². The predicted octanol–water partition coefficient (Wildman–Crippen LogP) is 0.143. The Hall–Kier alpha value is -1.10. The standard InChI is InChI=1S/C9H15NO4/c1-5(14-6(2)9(12)13)8(11)10-7-3-4-7/h5-7H,3-4H2,1-2H3,(H,10,11)(H,12,13)/t5?,6-/m1/s1. The lowest BCUT2D eigenvalue weighted by atomic mass is 10.3. The van der Waals surface area contributed by atoms with Gasteiger partial charge >= 0.3 is 5.97 Å². The van der Waals surface area contributed by atoms with Crippen LogP contribution in [0.5, 0.6) is 0 Å². The second kappa shape index (κ2) is 4.41. The summed E-state index contributed by atoms with van der Waals surface area (Å²) in [6.07, 6.45) is 0.358. The minimum Gasteiger partial charge on any atom is -0.479 e. The van der Waals surface area contributed by atoms with Crippen LogP contribution in [0, 0.1) is 0 Å². The third-order valence-electron chi connectivity index (χ3n) is 2.05. The molecule has 0 spiro atoms. The van der Waals surface area contributed by atoms with E-state index in [2.05, 4.69) is 5.32 Å². The molecule has 0 radical (unpaired) electrons. The maximum atomic E-state index is 11.3. The highest BCUT2D eigenvalue weighted by molar-refractivity contribution is 5.81. The molecule has 0 aliphatic heterocycles. The Kier molecular flexibility index (Phi) is 3.46. The Bertz CT molecular complexity index is 237. The van der Waals surface area contributed by atoms with Gasteiger partial charge in [0.2, 0.25) is 5.91 Å². The van der Waals surface area contributed by atoms with Crippen LogP contribution in [-0.2, 0) is 14.3 Å². The van der Waals surface area contributed by atoms with Crippen LogP contribution in [0.25, 0.3) is 0 Å². The second-order valence-electron chi connectivity index (χ2n) is 3.54. The van der Waals surface area contributed by atoms with Gasteiger partial charge in [-0.1, -0.05) is 0 Å². The highest BCUT2D eigenvalue weighted by atomic mass is 16.5. The molecule has 1 amide bonds. The molecule has 0 heterocycles. The topological polar surface area (TPSA) is 75.6 Å². The van der Waals surface area contributed by atoms with Crippen molar-refractivity contribution in [2.24, 2.45) is 0 Å². The molecule has 1 aliphatic carbocycles. The molecule has 2 N–H and O–H groups in total. The highest BCUT2D eigenvalue weighted by Gasteiger charge is 2.27. The SMILES string of the molecule is CC(O[C@H](C)C(=O)O)C(=O)NC1CC1. The number of hydrogen-bond acceptors (Lipinski definition) is 3.